The Morgan fingerprint density at radius 3 is 2.46 bits per heavy atom. The van der Waals surface area contributed by atoms with Gasteiger partial charge < -0.3 is 9.84 Å². The number of rotatable bonds is 13. The minimum Gasteiger partial charge on any atom is -0.469 e. The molecule has 1 N–H and O–H groups in total. The lowest BCUT2D eigenvalue weighted by atomic mass is 9.99. The predicted molar refractivity (Wildman–Crippen MR) is 109 cm³/mol. The second kappa shape index (κ2) is 14.3. The molecule has 144 valence electrons. The molecule has 0 radical (unpaired) electrons. The van der Waals surface area contributed by atoms with Gasteiger partial charge in [0.25, 0.3) is 0 Å². The molecule has 3 heteroatoms. The van der Waals surface area contributed by atoms with Crippen LogP contribution in [0.2, 0.25) is 0 Å². The smallest absolute Gasteiger partial charge is 0.305 e. The van der Waals surface area contributed by atoms with Crippen molar-refractivity contribution in [3.63, 3.8) is 0 Å². The van der Waals surface area contributed by atoms with Crippen molar-refractivity contribution in [1.82, 2.24) is 0 Å². The van der Waals surface area contributed by atoms with Crippen molar-refractivity contribution in [2.24, 2.45) is 0 Å². The Hall–Kier alpha value is -1.87. The summed E-state index contributed by atoms with van der Waals surface area (Å²) in [6.45, 7) is 1.99. The summed E-state index contributed by atoms with van der Waals surface area (Å²) in [7, 11) is 1.44. The van der Waals surface area contributed by atoms with Gasteiger partial charge in [0, 0.05) is 6.42 Å². The zero-order valence-electron chi connectivity index (χ0n) is 16.3. The normalized spacial score (nSPS) is 13.1. The zero-order valence-corrected chi connectivity index (χ0v) is 16.3. The summed E-state index contributed by atoms with van der Waals surface area (Å²) in [4.78, 5) is 11.0. The number of hydrogen-bond donors (Lipinski definition) is 1. The van der Waals surface area contributed by atoms with Gasteiger partial charge in [-0.2, -0.15) is 0 Å². The second-order valence-electron chi connectivity index (χ2n) is 6.59. The van der Waals surface area contributed by atoms with Crippen LogP contribution in [0, 0.1) is 0 Å². The van der Waals surface area contributed by atoms with Crippen LogP contribution in [0.3, 0.4) is 0 Å². The standard InChI is InChI=1S/C23H34O3/c1-3-22(24)19-21(20-15-12-10-13-16-20)17-11-8-6-4-5-7-9-14-18-23(25)26-2/h8,10-13,15-16,19,22,24H,3-7,9,14,17-18H2,1-2H3/b11-8+,21-19-. The Labute approximate surface area is 158 Å². The maximum Gasteiger partial charge on any atom is 0.305 e. The van der Waals surface area contributed by atoms with E-state index in [9.17, 15) is 9.90 Å². The van der Waals surface area contributed by atoms with Gasteiger partial charge >= 0.3 is 5.97 Å². The van der Waals surface area contributed by atoms with Crippen LogP contribution in [-0.2, 0) is 9.53 Å². The van der Waals surface area contributed by atoms with E-state index in [-0.39, 0.29) is 12.1 Å². The van der Waals surface area contributed by atoms with Crippen molar-refractivity contribution in [2.75, 3.05) is 7.11 Å². The van der Waals surface area contributed by atoms with Gasteiger partial charge in [-0.05, 0) is 43.2 Å². The molecule has 1 aromatic rings. The molecule has 1 unspecified atom stereocenters. The SMILES string of the molecule is CCC(O)/C=C(/C/C=C/CCCCCCCC(=O)OC)c1ccccc1. The van der Waals surface area contributed by atoms with E-state index in [0.717, 1.165) is 32.1 Å². The summed E-state index contributed by atoms with van der Waals surface area (Å²) >= 11 is 0. The number of unbranched alkanes of at least 4 members (excludes halogenated alkanes) is 5. The lowest BCUT2D eigenvalue weighted by Crippen LogP contribution is -2.00. The van der Waals surface area contributed by atoms with Crippen LogP contribution in [0.5, 0.6) is 0 Å². The van der Waals surface area contributed by atoms with Crippen molar-refractivity contribution >= 4 is 11.5 Å². The third-order valence-corrected chi connectivity index (χ3v) is 4.44. The van der Waals surface area contributed by atoms with E-state index in [1.165, 1.54) is 37.5 Å². The van der Waals surface area contributed by atoms with Crippen LogP contribution < -0.4 is 0 Å². The van der Waals surface area contributed by atoms with Gasteiger partial charge in [0.05, 0.1) is 13.2 Å². The van der Waals surface area contributed by atoms with E-state index in [2.05, 4.69) is 29.0 Å². The quantitative estimate of drug-likeness (QED) is 0.280. The Morgan fingerprint density at radius 2 is 1.77 bits per heavy atom. The average Bonchev–Trinajstić information content (AvgIpc) is 2.68. The van der Waals surface area contributed by atoms with Crippen LogP contribution in [0.4, 0.5) is 0 Å². The molecular formula is C23H34O3. The third-order valence-electron chi connectivity index (χ3n) is 4.44. The van der Waals surface area contributed by atoms with Crippen molar-refractivity contribution in [2.45, 2.75) is 70.8 Å². The van der Waals surface area contributed by atoms with Gasteiger partial charge in [0.15, 0.2) is 0 Å². The van der Waals surface area contributed by atoms with Crippen molar-refractivity contribution in [3.8, 4) is 0 Å². The molecule has 0 aliphatic carbocycles. The maximum absolute atomic E-state index is 11.0. The highest BCUT2D eigenvalue weighted by atomic mass is 16.5. The lowest BCUT2D eigenvalue weighted by molar-refractivity contribution is -0.140. The summed E-state index contributed by atoms with van der Waals surface area (Å²) in [6.07, 6.45) is 14.8. The second-order valence-corrected chi connectivity index (χ2v) is 6.59. The molecule has 0 spiro atoms. The third kappa shape index (κ3) is 10.2. The highest BCUT2D eigenvalue weighted by molar-refractivity contribution is 5.69. The van der Waals surface area contributed by atoms with Gasteiger partial charge in [-0.3, -0.25) is 4.79 Å². The molecule has 0 aliphatic rings. The molecule has 0 saturated heterocycles. The summed E-state index contributed by atoms with van der Waals surface area (Å²) in [6, 6.07) is 10.3. The molecule has 0 amide bonds. The molecule has 0 saturated carbocycles. The highest BCUT2D eigenvalue weighted by Crippen LogP contribution is 2.20. The number of carbonyl (C=O) groups excluding carboxylic acids is 1. The molecule has 0 aliphatic heterocycles. The number of benzene rings is 1. The lowest BCUT2D eigenvalue weighted by Gasteiger charge is -2.08. The Morgan fingerprint density at radius 1 is 1.08 bits per heavy atom. The number of methoxy groups -OCH3 is 1. The fourth-order valence-corrected chi connectivity index (χ4v) is 2.78. The fourth-order valence-electron chi connectivity index (χ4n) is 2.78. The monoisotopic (exact) mass is 358 g/mol. The van der Waals surface area contributed by atoms with Gasteiger partial charge in [-0.1, -0.05) is 74.7 Å². The van der Waals surface area contributed by atoms with E-state index in [1.54, 1.807) is 0 Å². The largest absolute Gasteiger partial charge is 0.469 e. The van der Waals surface area contributed by atoms with Gasteiger partial charge in [0.2, 0.25) is 0 Å². The minimum absolute atomic E-state index is 0.108. The first-order chi connectivity index (χ1) is 12.7. The molecule has 0 heterocycles. The van der Waals surface area contributed by atoms with Gasteiger partial charge in [-0.25, -0.2) is 0 Å². The predicted octanol–water partition coefficient (Wildman–Crippen LogP) is 5.69. The summed E-state index contributed by atoms with van der Waals surface area (Å²) < 4.78 is 4.64. The van der Waals surface area contributed by atoms with Crippen LogP contribution in [0.15, 0.2) is 48.6 Å². The number of aliphatic hydroxyl groups excluding tert-OH is 1. The van der Waals surface area contributed by atoms with E-state index in [1.807, 2.05) is 31.2 Å². The van der Waals surface area contributed by atoms with Crippen LogP contribution in [-0.4, -0.2) is 24.3 Å². The van der Waals surface area contributed by atoms with Crippen molar-refractivity contribution in [1.29, 1.82) is 0 Å². The maximum atomic E-state index is 11.0. The number of hydrogen-bond acceptors (Lipinski definition) is 3. The van der Waals surface area contributed by atoms with E-state index < -0.39 is 0 Å². The number of ether oxygens (including phenoxy) is 1. The number of carbonyl (C=O) groups is 1. The molecule has 1 aromatic carbocycles. The van der Waals surface area contributed by atoms with Crippen LogP contribution in [0.1, 0.15) is 70.3 Å². The van der Waals surface area contributed by atoms with E-state index in [4.69, 9.17) is 0 Å². The number of esters is 1. The minimum atomic E-state index is -0.386. The van der Waals surface area contributed by atoms with E-state index in [0.29, 0.717) is 6.42 Å². The Balaban J connectivity index is 2.27. The molecular weight excluding hydrogens is 324 g/mol. The first-order valence-corrected chi connectivity index (χ1v) is 9.83. The average molecular weight is 359 g/mol. The molecule has 1 rings (SSSR count). The number of aliphatic hydroxyl groups is 1. The van der Waals surface area contributed by atoms with Gasteiger partial charge in [0.1, 0.15) is 0 Å². The van der Waals surface area contributed by atoms with Crippen molar-refractivity contribution < 1.29 is 14.6 Å². The molecule has 1 atom stereocenters. The molecule has 0 aromatic heterocycles. The summed E-state index contributed by atoms with van der Waals surface area (Å²) in [5, 5.41) is 9.95. The Kier molecular flexibility index (Phi) is 12.2. The topological polar surface area (TPSA) is 46.5 Å². The highest BCUT2D eigenvalue weighted by Gasteiger charge is 2.03. The van der Waals surface area contributed by atoms with Crippen LogP contribution >= 0.6 is 0 Å². The first-order valence-electron chi connectivity index (χ1n) is 9.83. The molecule has 0 bridgehead atoms. The van der Waals surface area contributed by atoms with Crippen LogP contribution in [0.25, 0.3) is 5.57 Å². The van der Waals surface area contributed by atoms with E-state index >= 15 is 0 Å². The number of allylic oxidation sites excluding steroid dienone is 3. The molecule has 26 heavy (non-hydrogen) atoms. The van der Waals surface area contributed by atoms with Gasteiger partial charge in [-0.15, -0.1) is 0 Å². The summed E-state index contributed by atoms with van der Waals surface area (Å²) in [5.74, 6) is -0.108. The van der Waals surface area contributed by atoms with Crippen molar-refractivity contribution in [3.05, 3.63) is 54.1 Å². The molecule has 3 nitrogen and oxygen atoms in total. The Bertz CT molecular complexity index is 546. The zero-order chi connectivity index (χ0) is 19.0. The molecule has 0 fully saturated rings. The summed E-state index contributed by atoms with van der Waals surface area (Å²) in [5.41, 5.74) is 2.36. The first kappa shape index (κ1) is 22.2. The fraction of sp³-hybridized carbons (Fsp3) is 0.522.